The summed E-state index contributed by atoms with van der Waals surface area (Å²) in [4.78, 5) is -0.310. The summed E-state index contributed by atoms with van der Waals surface area (Å²) >= 11 is 0. The number of unbranched alkanes of at least 4 members (excludes halogenated alkanes) is 9. The van der Waals surface area contributed by atoms with E-state index >= 15 is 0 Å². The second-order valence-electron chi connectivity index (χ2n) is 7.73. The molecule has 0 aliphatic carbocycles. The minimum absolute atomic E-state index is 0. The van der Waals surface area contributed by atoms with E-state index in [4.69, 9.17) is 4.74 Å². The Labute approximate surface area is 229 Å². The minimum Gasteiger partial charge on any atom is -0.870 e. The van der Waals surface area contributed by atoms with E-state index in [-0.39, 0.29) is 67.8 Å². The van der Waals surface area contributed by atoms with E-state index in [2.05, 4.69) is 6.92 Å². The van der Waals surface area contributed by atoms with Crippen LogP contribution in [0, 0.1) is 0 Å². The molecule has 5 nitrogen and oxygen atoms in total. The average Bonchev–Trinajstić information content (AvgIpc) is 2.71. The molecule has 0 heterocycles. The van der Waals surface area contributed by atoms with Crippen LogP contribution in [-0.2, 0) is 16.5 Å². The molecule has 7 heteroatoms. The molecule has 31 heavy (non-hydrogen) atoms. The van der Waals surface area contributed by atoms with Crippen molar-refractivity contribution < 1.29 is 74.2 Å². The van der Waals surface area contributed by atoms with Gasteiger partial charge in [-0.15, -0.1) is 0 Å². The van der Waals surface area contributed by atoms with E-state index in [1.54, 1.807) is 24.3 Å². The summed E-state index contributed by atoms with van der Waals surface area (Å²) in [5.41, 5.74) is 0.357. The van der Waals surface area contributed by atoms with Gasteiger partial charge >= 0.3 is 51.4 Å². The Bertz CT molecular complexity index is 869. The molecular weight excluding hydrogens is 439 g/mol. The topological polar surface area (TPSA) is 86.7 Å². The molecule has 0 aromatic heterocycles. The summed E-state index contributed by atoms with van der Waals surface area (Å²) in [6.07, 6.45) is 12.3. The summed E-state index contributed by atoms with van der Waals surface area (Å²) in [6, 6.07) is 11.1. The van der Waals surface area contributed by atoms with Crippen LogP contribution in [0.15, 0.2) is 47.4 Å². The van der Waals surface area contributed by atoms with Gasteiger partial charge in [-0.05, 0) is 31.0 Å². The van der Waals surface area contributed by atoms with Crippen molar-refractivity contribution in [1.82, 2.24) is 0 Å². The SMILES string of the molecule is CCCCCCCCCCCCc1cc(S(=O)(=O)O)cc(Oc2ccccc2)c1[O-].[K+]. The number of rotatable bonds is 14. The summed E-state index contributed by atoms with van der Waals surface area (Å²) < 4.78 is 38.3. The number of aryl methyl sites for hydroxylation is 1. The Balaban J connectivity index is 0.00000480. The van der Waals surface area contributed by atoms with Gasteiger partial charge in [0, 0.05) is 6.07 Å². The van der Waals surface area contributed by atoms with Gasteiger partial charge in [-0.25, -0.2) is 0 Å². The first-order chi connectivity index (χ1) is 14.4. The normalized spacial score (nSPS) is 11.2. The zero-order chi connectivity index (χ0) is 21.8. The van der Waals surface area contributed by atoms with Crippen LogP contribution in [0.2, 0.25) is 0 Å². The van der Waals surface area contributed by atoms with Gasteiger partial charge in [0.15, 0.2) is 0 Å². The number of ether oxygens (including phenoxy) is 1. The molecular formula is C24H33KO5S. The largest absolute Gasteiger partial charge is 1.00 e. The molecule has 0 spiro atoms. The van der Waals surface area contributed by atoms with Crippen LogP contribution >= 0.6 is 0 Å². The molecule has 0 radical (unpaired) electrons. The van der Waals surface area contributed by atoms with Crippen LogP contribution in [-0.4, -0.2) is 13.0 Å². The van der Waals surface area contributed by atoms with Gasteiger partial charge in [-0.2, -0.15) is 8.42 Å². The zero-order valence-corrected chi connectivity index (χ0v) is 22.7. The van der Waals surface area contributed by atoms with E-state index in [1.165, 1.54) is 51.0 Å². The number of hydrogen-bond acceptors (Lipinski definition) is 4. The first-order valence-corrected chi connectivity index (χ1v) is 12.4. The molecule has 0 aliphatic rings. The van der Waals surface area contributed by atoms with Gasteiger partial charge in [0.25, 0.3) is 10.1 Å². The second kappa shape index (κ2) is 15.4. The van der Waals surface area contributed by atoms with Crippen molar-refractivity contribution in [3.8, 4) is 17.2 Å². The minimum atomic E-state index is -4.43. The van der Waals surface area contributed by atoms with E-state index in [9.17, 15) is 18.1 Å². The third-order valence-electron chi connectivity index (χ3n) is 5.17. The van der Waals surface area contributed by atoms with Crippen molar-refractivity contribution in [2.75, 3.05) is 0 Å². The third kappa shape index (κ3) is 10.8. The number of para-hydroxylation sites is 1. The standard InChI is InChI=1S/C24H34O5S.K/c1-2-3-4-5-6-7-8-9-10-12-15-20-18-22(30(26,27)28)19-23(24(20)25)29-21-16-13-11-14-17-21;/h11,13-14,16-19,25H,2-10,12,15H2,1H3,(H,26,27,28);/q;+1/p-1. The Kier molecular flexibility index (Phi) is 14.2. The van der Waals surface area contributed by atoms with E-state index in [0.29, 0.717) is 17.7 Å². The molecule has 2 aromatic carbocycles. The summed E-state index contributed by atoms with van der Waals surface area (Å²) in [7, 11) is -4.43. The van der Waals surface area contributed by atoms with Crippen LogP contribution in [0.1, 0.15) is 76.7 Å². The monoisotopic (exact) mass is 472 g/mol. The smallest absolute Gasteiger partial charge is 0.870 e. The van der Waals surface area contributed by atoms with Crippen molar-refractivity contribution >= 4 is 10.1 Å². The van der Waals surface area contributed by atoms with Crippen LogP contribution < -0.4 is 61.2 Å². The van der Waals surface area contributed by atoms with Crippen molar-refractivity contribution in [3.63, 3.8) is 0 Å². The molecule has 0 bridgehead atoms. The molecule has 1 N–H and O–H groups in total. The fourth-order valence-corrected chi connectivity index (χ4v) is 4.01. The molecule has 0 saturated carbocycles. The van der Waals surface area contributed by atoms with Crippen LogP contribution in [0.5, 0.6) is 17.2 Å². The second-order valence-corrected chi connectivity index (χ2v) is 9.15. The fraction of sp³-hybridized carbons (Fsp3) is 0.500. The van der Waals surface area contributed by atoms with Crippen molar-refractivity contribution in [1.29, 1.82) is 0 Å². The quantitative estimate of drug-likeness (QED) is 0.259. The maximum atomic E-state index is 12.7. The van der Waals surface area contributed by atoms with Gasteiger partial charge in [-0.1, -0.05) is 94.2 Å². The Morgan fingerprint density at radius 1 is 0.871 bits per heavy atom. The van der Waals surface area contributed by atoms with E-state index in [0.717, 1.165) is 25.3 Å². The first kappa shape index (κ1) is 28.6. The maximum absolute atomic E-state index is 12.7. The zero-order valence-electron chi connectivity index (χ0n) is 18.8. The van der Waals surface area contributed by atoms with Crippen LogP contribution in [0.25, 0.3) is 0 Å². The van der Waals surface area contributed by atoms with Crippen LogP contribution in [0.4, 0.5) is 0 Å². The molecule has 0 amide bonds. The predicted octanol–water partition coefficient (Wildman–Crippen LogP) is 3.27. The molecule has 0 aliphatic heterocycles. The van der Waals surface area contributed by atoms with Crippen molar-refractivity contribution in [2.45, 2.75) is 82.4 Å². The fourth-order valence-electron chi connectivity index (χ4n) is 3.46. The molecule has 2 rings (SSSR count). The Hall–Kier alpha value is -0.414. The molecule has 2 aromatic rings. The summed E-state index contributed by atoms with van der Waals surface area (Å²) in [5.74, 6) is 0.0209. The van der Waals surface area contributed by atoms with Gasteiger partial charge in [0.2, 0.25) is 0 Å². The van der Waals surface area contributed by atoms with Gasteiger partial charge in [0.05, 0.1) is 4.90 Å². The molecule has 0 saturated heterocycles. The Morgan fingerprint density at radius 2 is 1.42 bits per heavy atom. The van der Waals surface area contributed by atoms with Gasteiger partial charge in [-0.3, -0.25) is 4.55 Å². The summed E-state index contributed by atoms with van der Waals surface area (Å²) in [6.45, 7) is 2.22. The van der Waals surface area contributed by atoms with Crippen molar-refractivity contribution in [2.24, 2.45) is 0 Å². The summed E-state index contributed by atoms with van der Waals surface area (Å²) in [5, 5.41) is 12.7. The van der Waals surface area contributed by atoms with E-state index < -0.39 is 10.1 Å². The molecule has 0 atom stereocenters. The maximum Gasteiger partial charge on any atom is 1.00 e. The third-order valence-corrected chi connectivity index (χ3v) is 6.01. The molecule has 166 valence electrons. The average molecular weight is 473 g/mol. The van der Waals surface area contributed by atoms with E-state index in [1.807, 2.05) is 6.07 Å². The Morgan fingerprint density at radius 3 is 1.97 bits per heavy atom. The van der Waals surface area contributed by atoms with Gasteiger partial charge in [0.1, 0.15) is 11.5 Å². The number of benzene rings is 2. The van der Waals surface area contributed by atoms with Crippen molar-refractivity contribution in [3.05, 3.63) is 48.0 Å². The molecule has 0 fully saturated rings. The van der Waals surface area contributed by atoms with Gasteiger partial charge < -0.3 is 9.84 Å². The predicted molar refractivity (Wildman–Crippen MR) is 118 cm³/mol. The molecule has 0 unspecified atom stereocenters. The number of hydrogen-bond donors (Lipinski definition) is 1. The van der Waals surface area contributed by atoms with Crippen LogP contribution in [0.3, 0.4) is 0 Å². The first-order valence-electron chi connectivity index (χ1n) is 11.0.